The number of halogens is 2. The van der Waals surface area contributed by atoms with Gasteiger partial charge in [-0.3, -0.25) is 9.40 Å². The third kappa shape index (κ3) is 4.69. The summed E-state index contributed by atoms with van der Waals surface area (Å²) in [5.74, 6) is 0. The number of nitrogens with zero attached hydrogens (tertiary/aromatic N) is 2. The topological polar surface area (TPSA) is 64.0 Å². The minimum absolute atomic E-state index is 0.141. The molecule has 0 radical (unpaired) electrons. The SMILES string of the molecule is CC(C)(C)c1nn(Cc2ccccc2)cc1S(=O)(=O)Nc1ccc(Cl)c(Cl)c1. The first-order chi connectivity index (χ1) is 13.1. The van der Waals surface area contributed by atoms with Crippen molar-refractivity contribution in [3.8, 4) is 0 Å². The van der Waals surface area contributed by atoms with E-state index in [1.807, 2.05) is 51.1 Å². The zero-order valence-electron chi connectivity index (χ0n) is 15.8. The molecule has 0 amide bonds. The molecule has 0 fully saturated rings. The largest absolute Gasteiger partial charge is 0.279 e. The molecule has 3 rings (SSSR count). The van der Waals surface area contributed by atoms with E-state index in [0.717, 1.165) is 5.56 Å². The van der Waals surface area contributed by atoms with Crippen LogP contribution in [0.1, 0.15) is 32.0 Å². The number of hydrogen-bond donors (Lipinski definition) is 1. The lowest BCUT2D eigenvalue weighted by Gasteiger charge is -2.18. The first kappa shape index (κ1) is 20.7. The summed E-state index contributed by atoms with van der Waals surface area (Å²) < 4.78 is 30.4. The van der Waals surface area contributed by atoms with Gasteiger partial charge in [0.2, 0.25) is 0 Å². The van der Waals surface area contributed by atoms with E-state index in [-0.39, 0.29) is 9.92 Å². The van der Waals surface area contributed by atoms with Crippen LogP contribution in [0.2, 0.25) is 10.0 Å². The molecule has 0 unspecified atom stereocenters. The van der Waals surface area contributed by atoms with Gasteiger partial charge in [0.15, 0.2) is 0 Å². The molecule has 0 aliphatic heterocycles. The van der Waals surface area contributed by atoms with Crippen LogP contribution < -0.4 is 4.72 Å². The normalized spacial score (nSPS) is 12.2. The molecule has 3 aromatic rings. The molecule has 0 saturated heterocycles. The highest BCUT2D eigenvalue weighted by Crippen LogP contribution is 2.31. The van der Waals surface area contributed by atoms with Crippen LogP contribution in [0.5, 0.6) is 0 Å². The van der Waals surface area contributed by atoms with Crippen LogP contribution in [0.25, 0.3) is 0 Å². The van der Waals surface area contributed by atoms with Crippen molar-refractivity contribution in [1.29, 1.82) is 0 Å². The molecule has 28 heavy (non-hydrogen) atoms. The molecule has 0 atom stereocenters. The zero-order valence-corrected chi connectivity index (χ0v) is 18.1. The van der Waals surface area contributed by atoms with Gasteiger partial charge in [0.1, 0.15) is 4.90 Å². The van der Waals surface area contributed by atoms with Crippen molar-refractivity contribution < 1.29 is 8.42 Å². The van der Waals surface area contributed by atoms with E-state index in [1.165, 1.54) is 6.07 Å². The molecule has 0 bridgehead atoms. The molecule has 0 saturated carbocycles. The molecule has 1 heterocycles. The van der Waals surface area contributed by atoms with E-state index in [2.05, 4.69) is 9.82 Å². The van der Waals surface area contributed by atoms with Crippen LogP contribution in [0, 0.1) is 0 Å². The second kappa shape index (κ2) is 7.78. The zero-order chi connectivity index (χ0) is 20.5. The Hall–Kier alpha value is -2.02. The van der Waals surface area contributed by atoms with Crippen LogP contribution in [0.4, 0.5) is 5.69 Å². The number of nitrogens with one attached hydrogen (secondary N) is 1. The van der Waals surface area contributed by atoms with E-state index >= 15 is 0 Å². The van der Waals surface area contributed by atoms with Gasteiger partial charge in [-0.25, -0.2) is 8.42 Å². The van der Waals surface area contributed by atoms with E-state index in [1.54, 1.807) is 23.0 Å². The maximum Gasteiger partial charge on any atom is 0.265 e. The van der Waals surface area contributed by atoms with Gasteiger partial charge in [-0.05, 0) is 23.8 Å². The van der Waals surface area contributed by atoms with Gasteiger partial charge in [0, 0.05) is 11.6 Å². The van der Waals surface area contributed by atoms with E-state index < -0.39 is 15.4 Å². The number of anilines is 1. The van der Waals surface area contributed by atoms with Gasteiger partial charge in [-0.1, -0.05) is 74.3 Å². The van der Waals surface area contributed by atoms with Crippen LogP contribution in [-0.2, 0) is 22.0 Å². The third-order valence-electron chi connectivity index (χ3n) is 4.09. The van der Waals surface area contributed by atoms with Gasteiger partial charge in [0.05, 0.1) is 28.0 Å². The molecular weight excluding hydrogens is 417 g/mol. The highest BCUT2D eigenvalue weighted by atomic mass is 35.5. The second-order valence-electron chi connectivity index (χ2n) is 7.51. The van der Waals surface area contributed by atoms with Crippen molar-refractivity contribution in [2.24, 2.45) is 0 Å². The summed E-state index contributed by atoms with van der Waals surface area (Å²) in [6, 6.07) is 14.3. The van der Waals surface area contributed by atoms with Crippen molar-refractivity contribution in [2.45, 2.75) is 37.6 Å². The minimum Gasteiger partial charge on any atom is -0.279 e. The molecule has 8 heteroatoms. The molecule has 1 N–H and O–H groups in total. The predicted molar refractivity (Wildman–Crippen MR) is 114 cm³/mol. The Morgan fingerprint density at radius 2 is 1.71 bits per heavy atom. The Morgan fingerprint density at radius 3 is 2.32 bits per heavy atom. The average molecular weight is 438 g/mol. The molecular formula is C20H21Cl2N3O2S. The quantitative estimate of drug-likeness (QED) is 0.585. The molecule has 2 aromatic carbocycles. The van der Waals surface area contributed by atoms with Crippen LogP contribution in [0.3, 0.4) is 0 Å². The number of rotatable bonds is 5. The smallest absolute Gasteiger partial charge is 0.265 e. The van der Waals surface area contributed by atoms with Crippen LogP contribution in [-0.4, -0.2) is 18.2 Å². The van der Waals surface area contributed by atoms with Crippen molar-refractivity contribution in [3.05, 3.63) is 76.0 Å². The average Bonchev–Trinajstić information content (AvgIpc) is 3.04. The van der Waals surface area contributed by atoms with Gasteiger partial charge in [0.25, 0.3) is 10.0 Å². The Kier molecular flexibility index (Phi) is 5.75. The molecule has 148 valence electrons. The number of aromatic nitrogens is 2. The molecule has 0 aliphatic carbocycles. The van der Waals surface area contributed by atoms with Crippen molar-refractivity contribution in [3.63, 3.8) is 0 Å². The summed E-state index contributed by atoms with van der Waals surface area (Å²) in [4.78, 5) is 0.141. The monoisotopic (exact) mass is 437 g/mol. The Balaban J connectivity index is 1.99. The third-order valence-corrected chi connectivity index (χ3v) is 6.21. The fourth-order valence-corrected chi connectivity index (χ4v) is 4.45. The summed E-state index contributed by atoms with van der Waals surface area (Å²) >= 11 is 11.9. The Bertz CT molecular complexity index is 1090. The van der Waals surface area contributed by atoms with Gasteiger partial charge >= 0.3 is 0 Å². The number of benzene rings is 2. The van der Waals surface area contributed by atoms with Gasteiger partial charge < -0.3 is 0 Å². The molecule has 1 aromatic heterocycles. The van der Waals surface area contributed by atoms with E-state index in [0.29, 0.717) is 22.9 Å². The molecule has 5 nitrogen and oxygen atoms in total. The van der Waals surface area contributed by atoms with Crippen LogP contribution >= 0.6 is 23.2 Å². The predicted octanol–water partition coefficient (Wildman–Crippen LogP) is 5.34. The number of sulfonamides is 1. The highest BCUT2D eigenvalue weighted by molar-refractivity contribution is 7.92. The van der Waals surface area contributed by atoms with Crippen molar-refractivity contribution >= 4 is 38.9 Å². The first-order valence-electron chi connectivity index (χ1n) is 8.66. The summed E-state index contributed by atoms with van der Waals surface area (Å²) in [7, 11) is -3.86. The fourth-order valence-electron chi connectivity index (χ4n) is 2.74. The minimum atomic E-state index is -3.86. The van der Waals surface area contributed by atoms with Crippen molar-refractivity contribution in [2.75, 3.05) is 4.72 Å². The molecule has 0 spiro atoms. The summed E-state index contributed by atoms with van der Waals surface area (Å²) in [6.07, 6.45) is 1.56. The molecule has 0 aliphatic rings. The highest BCUT2D eigenvalue weighted by Gasteiger charge is 2.30. The summed E-state index contributed by atoms with van der Waals surface area (Å²) in [5.41, 5.74) is 1.41. The second-order valence-corrected chi connectivity index (χ2v) is 9.97. The summed E-state index contributed by atoms with van der Waals surface area (Å²) in [5, 5.41) is 5.20. The fraction of sp³-hybridized carbons (Fsp3) is 0.250. The Labute approximate surface area is 175 Å². The van der Waals surface area contributed by atoms with Gasteiger partial charge in [-0.2, -0.15) is 5.10 Å². The Morgan fingerprint density at radius 1 is 1.04 bits per heavy atom. The lowest BCUT2D eigenvalue weighted by molar-refractivity contribution is 0.533. The maximum atomic E-state index is 13.1. The lowest BCUT2D eigenvalue weighted by Crippen LogP contribution is -2.20. The lowest BCUT2D eigenvalue weighted by atomic mass is 9.92. The van der Waals surface area contributed by atoms with Gasteiger partial charge in [-0.15, -0.1) is 0 Å². The first-order valence-corrected chi connectivity index (χ1v) is 10.9. The van der Waals surface area contributed by atoms with Crippen LogP contribution in [0.15, 0.2) is 59.6 Å². The standard InChI is InChI=1S/C20H21Cl2N3O2S/c1-20(2,3)19-18(13-25(23-19)12-14-7-5-4-6-8-14)28(26,27)24-15-9-10-16(21)17(22)11-15/h4-11,13,24H,12H2,1-3H3. The maximum absolute atomic E-state index is 13.1. The van der Waals surface area contributed by atoms with Crippen molar-refractivity contribution in [1.82, 2.24) is 9.78 Å². The van der Waals surface area contributed by atoms with E-state index in [4.69, 9.17) is 23.2 Å². The number of hydrogen-bond acceptors (Lipinski definition) is 3. The van der Waals surface area contributed by atoms with E-state index in [9.17, 15) is 8.42 Å². The summed E-state index contributed by atoms with van der Waals surface area (Å²) in [6.45, 7) is 6.27.